The van der Waals surface area contributed by atoms with Crippen molar-refractivity contribution in [3.8, 4) is 5.75 Å². The van der Waals surface area contributed by atoms with Gasteiger partial charge >= 0.3 is 0 Å². The van der Waals surface area contributed by atoms with Crippen molar-refractivity contribution in [1.29, 1.82) is 0 Å². The maximum atomic E-state index is 8.94. The Labute approximate surface area is 108 Å². The van der Waals surface area contributed by atoms with Crippen molar-refractivity contribution >= 4 is 0 Å². The van der Waals surface area contributed by atoms with Gasteiger partial charge in [0.25, 0.3) is 0 Å². The Hall–Kier alpha value is -1.80. The summed E-state index contributed by atoms with van der Waals surface area (Å²) in [5, 5.41) is 8.94. The highest BCUT2D eigenvalue weighted by atomic mass is 16.5. The first-order valence-electron chi connectivity index (χ1n) is 6.16. The number of ether oxygens (including phenoxy) is 1. The second-order valence-electron chi connectivity index (χ2n) is 4.39. The van der Waals surface area contributed by atoms with Crippen LogP contribution in [0.4, 0.5) is 0 Å². The van der Waals surface area contributed by atoms with Crippen LogP contribution in [-0.2, 0) is 13.0 Å². The van der Waals surface area contributed by atoms with Crippen LogP contribution in [0.1, 0.15) is 16.7 Å². The van der Waals surface area contributed by atoms with Gasteiger partial charge in [0.1, 0.15) is 5.75 Å². The molecule has 0 aromatic heterocycles. The van der Waals surface area contributed by atoms with E-state index in [4.69, 9.17) is 9.84 Å². The molecule has 0 radical (unpaired) electrons. The van der Waals surface area contributed by atoms with Gasteiger partial charge in [0, 0.05) is 6.42 Å². The van der Waals surface area contributed by atoms with E-state index in [1.54, 1.807) is 0 Å². The molecule has 2 aromatic rings. The van der Waals surface area contributed by atoms with Crippen LogP contribution in [0.3, 0.4) is 0 Å². The molecule has 0 bridgehead atoms. The smallest absolute Gasteiger partial charge is 0.119 e. The molecule has 0 spiro atoms. The van der Waals surface area contributed by atoms with Gasteiger partial charge in [-0.25, -0.2) is 0 Å². The predicted molar refractivity (Wildman–Crippen MR) is 72.7 cm³/mol. The van der Waals surface area contributed by atoms with E-state index in [0.717, 1.165) is 17.7 Å². The van der Waals surface area contributed by atoms with Gasteiger partial charge in [-0.05, 0) is 30.2 Å². The molecular weight excluding hydrogens is 224 g/mol. The van der Waals surface area contributed by atoms with Gasteiger partial charge in [0.05, 0.1) is 13.2 Å². The van der Waals surface area contributed by atoms with Crippen molar-refractivity contribution in [2.24, 2.45) is 0 Å². The van der Waals surface area contributed by atoms with Crippen molar-refractivity contribution < 1.29 is 9.84 Å². The van der Waals surface area contributed by atoms with Crippen LogP contribution in [0.5, 0.6) is 5.75 Å². The van der Waals surface area contributed by atoms with Crippen LogP contribution in [0.2, 0.25) is 0 Å². The van der Waals surface area contributed by atoms with Crippen LogP contribution in [-0.4, -0.2) is 11.7 Å². The topological polar surface area (TPSA) is 29.5 Å². The molecule has 0 saturated carbocycles. The highest BCUT2D eigenvalue weighted by Crippen LogP contribution is 2.13. The highest BCUT2D eigenvalue weighted by molar-refractivity contribution is 5.27. The largest absolute Gasteiger partial charge is 0.493 e. The number of aliphatic hydroxyl groups excluding tert-OH is 1. The van der Waals surface area contributed by atoms with Gasteiger partial charge in [-0.2, -0.15) is 0 Å². The Kier molecular flexibility index (Phi) is 4.37. The molecule has 0 saturated heterocycles. The highest BCUT2D eigenvalue weighted by Gasteiger charge is 1.97. The number of hydrogen-bond donors (Lipinski definition) is 1. The van der Waals surface area contributed by atoms with E-state index < -0.39 is 0 Å². The molecule has 0 heterocycles. The standard InChI is InChI=1S/C16H18O2/c1-13-3-2-4-14(11-13)9-10-18-16-7-5-15(12-17)6-8-16/h2-8,11,17H,9-10,12H2,1H3. The maximum Gasteiger partial charge on any atom is 0.119 e. The molecule has 0 atom stereocenters. The first kappa shape index (κ1) is 12.7. The van der Waals surface area contributed by atoms with Gasteiger partial charge in [-0.1, -0.05) is 42.0 Å². The molecule has 0 aliphatic heterocycles. The maximum absolute atomic E-state index is 8.94. The van der Waals surface area contributed by atoms with E-state index in [9.17, 15) is 0 Å². The molecule has 0 amide bonds. The number of aliphatic hydroxyl groups is 1. The van der Waals surface area contributed by atoms with Crippen LogP contribution in [0.15, 0.2) is 48.5 Å². The van der Waals surface area contributed by atoms with Crippen LogP contribution >= 0.6 is 0 Å². The molecule has 0 unspecified atom stereocenters. The SMILES string of the molecule is Cc1cccc(CCOc2ccc(CO)cc2)c1. The summed E-state index contributed by atoms with van der Waals surface area (Å²) in [7, 11) is 0. The lowest BCUT2D eigenvalue weighted by Crippen LogP contribution is -2.01. The quantitative estimate of drug-likeness (QED) is 0.873. The van der Waals surface area contributed by atoms with Gasteiger partial charge in [0.15, 0.2) is 0 Å². The zero-order chi connectivity index (χ0) is 12.8. The summed E-state index contributed by atoms with van der Waals surface area (Å²) in [6.07, 6.45) is 0.906. The number of rotatable bonds is 5. The Morgan fingerprint density at radius 1 is 1.00 bits per heavy atom. The van der Waals surface area contributed by atoms with Gasteiger partial charge < -0.3 is 9.84 Å². The third-order valence-corrected chi connectivity index (χ3v) is 2.85. The van der Waals surface area contributed by atoms with Gasteiger partial charge in [0.2, 0.25) is 0 Å². The zero-order valence-electron chi connectivity index (χ0n) is 10.6. The van der Waals surface area contributed by atoms with E-state index in [1.165, 1.54) is 11.1 Å². The van der Waals surface area contributed by atoms with E-state index >= 15 is 0 Å². The lowest BCUT2D eigenvalue weighted by atomic mass is 10.1. The van der Waals surface area contributed by atoms with E-state index in [0.29, 0.717) is 6.61 Å². The third-order valence-electron chi connectivity index (χ3n) is 2.85. The fraction of sp³-hybridized carbons (Fsp3) is 0.250. The lowest BCUT2D eigenvalue weighted by Gasteiger charge is -2.07. The molecule has 0 fully saturated rings. The van der Waals surface area contributed by atoms with Crippen LogP contribution in [0, 0.1) is 6.92 Å². The number of hydrogen-bond acceptors (Lipinski definition) is 2. The van der Waals surface area contributed by atoms with Crippen LogP contribution < -0.4 is 4.74 Å². The Morgan fingerprint density at radius 2 is 1.78 bits per heavy atom. The van der Waals surface area contributed by atoms with Crippen molar-refractivity contribution in [3.63, 3.8) is 0 Å². The fourth-order valence-electron chi connectivity index (χ4n) is 1.85. The van der Waals surface area contributed by atoms with Crippen molar-refractivity contribution in [3.05, 3.63) is 65.2 Å². The molecule has 2 nitrogen and oxygen atoms in total. The molecule has 2 aromatic carbocycles. The van der Waals surface area contributed by atoms with Crippen molar-refractivity contribution in [2.75, 3.05) is 6.61 Å². The number of aryl methyl sites for hydroxylation is 1. The van der Waals surface area contributed by atoms with Crippen molar-refractivity contribution in [2.45, 2.75) is 20.0 Å². The summed E-state index contributed by atoms with van der Waals surface area (Å²) in [5.74, 6) is 0.847. The minimum atomic E-state index is 0.0730. The third kappa shape index (κ3) is 3.60. The minimum absolute atomic E-state index is 0.0730. The molecule has 0 aliphatic carbocycles. The summed E-state index contributed by atoms with van der Waals surface area (Å²) in [6.45, 7) is 2.84. The summed E-state index contributed by atoms with van der Waals surface area (Å²) in [6, 6.07) is 16.0. The first-order chi connectivity index (χ1) is 8.78. The van der Waals surface area contributed by atoms with Gasteiger partial charge in [-0.3, -0.25) is 0 Å². The Balaban J connectivity index is 1.84. The molecule has 1 N–H and O–H groups in total. The average molecular weight is 242 g/mol. The van der Waals surface area contributed by atoms with E-state index in [2.05, 4.69) is 31.2 Å². The first-order valence-corrected chi connectivity index (χ1v) is 6.16. The van der Waals surface area contributed by atoms with E-state index in [-0.39, 0.29) is 6.61 Å². The monoisotopic (exact) mass is 242 g/mol. The molecule has 0 aliphatic rings. The summed E-state index contributed by atoms with van der Waals surface area (Å²) < 4.78 is 5.67. The number of benzene rings is 2. The minimum Gasteiger partial charge on any atom is -0.493 e. The molecule has 94 valence electrons. The van der Waals surface area contributed by atoms with E-state index in [1.807, 2.05) is 24.3 Å². The lowest BCUT2D eigenvalue weighted by molar-refractivity contribution is 0.281. The average Bonchev–Trinajstić information content (AvgIpc) is 2.40. The predicted octanol–water partition coefficient (Wildman–Crippen LogP) is 3.11. The second-order valence-corrected chi connectivity index (χ2v) is 4.39. The molecule has 2 rings (SSSR count). The van der Waals surface area contributed by atoms with Gasteiger partial charge in [-0.15, -0.1) is 0 Å². The normalized spacial score (nSPS) is 10.3. The Morgan fingerprint density at radius 3 is 2.44 bits per heavy atom. The van der Waals surface area contributed by atoms with Crippen molar-refractivity contribution in [1.82, 2.24) is 0 Å². The molecular formula is C16H18O2. The molecule has 2 heteroatoms. The summed E-state index contributed by atoms with van der Waals surface area (Å²) in [4.78, 5) is 0. The summed E-state index contributed by atoms with van der Waals surface area (Å²) >= 11 is 0. The molecule has 18 heavy (non-hydrogen) atoms. The Bertz CT molecular complexity index is 489. The second kappa shape index (κ2) is 6.22. The van der Waals surface area contributed by atoms with Crippen LogP contribution in [0.25, 0.3) is 0 Å². The summed E-state index contributed by atoms with van der Waals surface area (Å²) in [5.41, 5.74) is 3.47. The fourth-order valence-corrected chi connectivity index (χ4v) is 1.85. The zero-order valence-corrected chi connectivity index (χ0v) is 10.6.